The van der Waals surface area contributed by atoms with Gasteiger partial charge in [-0.05, 0) is 40.2 Å². The molecule has 0 spiro atoms. The Bertz CT molecular complexity index is 987. The van der Waals surface area contributed by atoms with Crippen LogP contribution in [-0.2, 0) is 16.4 Å². The highest BCUT2D eigenvalue weighted by molar-refractivity contribution is 9.11. The van der Waals surface area contributed by atoms with Gasteiger partial charge in [0.05, 0.1) is 9.35 Å². The van der Waals surface area contributed by atoms with Gasteiger partial charge in [-0.25, -0.2) is 12.8 Å². The number of aromatic nitrogens is 2. The quantitative estimate of drug-likeness (QED) is 0.579. The first-order valence-corrected chi connectivity index (χ1v) is 10.2. The summed E-state index contributed by atoms with van der Waals surface area (Å²) in [6, 6.07) is 9.31. The molecule has 2 aromatic heterocycles. The second-order valence-electron chi connectivity index (χ2n) is 5.13. The van der Waals surface area contributed by atoms with Crippen LogP contribution in [0.3, 0.4) is 0 Å². The Hall–Kier alpha value is -1.62. The summed E-state index contributed by atoms with van der Waals surface area (Å²) in [5, 5.41) is 3.79. The van der Waals surface area contributed by atoms with Gasteiger partial charge in [0.15, 0.2) is 5.82 Å². The van der Waals surface area contributed by atoms with Crippen LogP contribution in [0.25, 0.3) is 11.5 Å². The lowest BCUT2D eigenvalue weighted by Crippen LogP contribution is -2.28. The van der Waals surface area contributed by atoms with Gasteiger partial charge in [0.25, 0.3) is 15.9 Å². The van der Waals surface area contributed by atoms with Gasteiger partial charge in [-0.3, -0.25) is 0 Å². The Labute approximate surface area is 156 Å². The Balaban J connectivity index is 1.69. The van der Waals surface area contributed by atoms with Gasteiger partial charge in [-0.2, -0.15) is 9.29 Å². The third-order valence-electron chi connectivity index (χ3n) is 3.44. The van der Waals surface area contributed by atoms with Crippen molar-refractivity contribution in [3.05, 3.63) is 51.8 Å². The van der Waals surface area contributed by atoms with Crippen LogP contribution < -0.4 is 0 Å². The number of rotatable bonds is 6. The molecule has 0 saturated heterocycles. The Kier molecular flexibility index (Phi) is 5.32. The molecule has 6 nitrogen and oxygen atoms in total. The Morgan fingerprint density at radius 2 is 2.04 bits per heavy atom. The summed E-state index contributed by atoms with van der Waals surface area (Å²) in [5.74, 6) is -0.0749. The van der Waals surface area contributed by atoms with Crippen LogP contribution in [0.5, 0.6) is 0 Å². The zero-order valence-corrected chi connectivity index (χ0v) is 16.2. The van der Waals surface area contributed by atoms with Crippen molar-refractivity contribution < 1.29 is 17.3 Å². The van der Waals surface area contributed by atoms with Crippen LogP contribution in [-0.4, -0.2) is 36.5 Å². The topological polar surface area (TPSA) is 76.3 Å². The fraction of sp³-hybridized carbons (Fsp3) is 0.200. The van der Waals surface area contributed by atoms with Crippen LogP contribution in [0, 0.1) is 5.82 Å². The van der Waals surface area contributed by atoms with E-state index in [4.69, 9.17) is 4.52 Å². The molecule has 0 aliphatic rings. The number of sulfonamides is 1. The second-order valence-corrected chi connectivity index (χ2v) is 9.87. The van der Waals surface area contributed by atoms with Crippen molar-refractivity contribution in [1.29, 1.82) is 0 Å². The molecule has 0 aliphatic heterocycles. The third kappa shape index (κ3) is 3.97. The second kappa shape index (κ2) is 7.32. The first-order chi connectivity index (χ1) is 11.9. The summed E-state index contributed by atoms with van der Waals surface area (Å²) >= 11 is 4.40. The lowest BCUT2D eigenvalue weighted by Gasteiger charge is -2.14. The van der Waals surface area contributed by atoms with Gasteiger partial charge in [0.2, 0.25) is 0 Å². The van der Waals surface area contributed by atoms with Crippen LogP contribution in [0.2, 0.25) is 0 Å². The molecule has 25 heavy (non-hydrogen) atoms. The van der Waals surface area contributed by atoms with Crippen LogP contribution in [0.1, 0.15) is 5.82 Å². The molecule has 0 N–H and O–H groups in total. The number of hydrogen-bond acceptors (Lipinski definition) is 6. The lowest BCUT2D eigenvalue weighted by molar-refractivity contribution is 0.413. The molecular formula is C15H13BrFN3O3S2. The maximum absolute atomic E-state index is 13.7. The molecule has 0 radical (unpaired) electrons. The van der Waals surface area contributed by atoms with Gasteiger partial charge >= 0.3 is 0 Å². The van der Waals surface area contributed by atoms with E-state index >= 15 is 0 Å². The molecule has 0 aliphatic carbocycles. The van der Waals surface area contributed by atoms with Crippen molar-refractivity contribution in [1.82, 2.24) is 14.4 Å². The molecule has 0 fully saturated rings. The average Bonchev–Trinajstić information content (AvgIpc) is 3.22. The Morgan fingerprint density at radius 1 is 1.28 bits per heavy atom. The fourth-order valence-corrected chi connectivity index (χ4v) is 5.46. The molecule has 1 aromatic carbocycles. The molecule has 10 heteroatoms. The van der Waals surface area contributed by atoms with E-state index in [9.17, 15) is 12.8 Å². The molecule has 0 saturated carbocycles. The zero-order valence-electron chi connectivity index (χ0n) is 13.0. The minimum Gasteiger partial charge on any atom is -0.334 e. The van der Waals surface area contributed by atoms with Gasteiger partial charge in [-0.1, -0.05) is 17.3 Å². The molecule has 2 heterocycles. The third-order valence-corrected chi connectivity index (χ3v) is 7.38. The predicted octanol–water partition coefficient (Wildman–Crippen LogP) is 3.56. The molecular weight excluding hydrogens is 433 g/mol. The SMILES string of the molecule is CN(CCc1noc(-c2ccccc2F)n1)S(=O)(=O)c1ccc(Br)s1. The lowest BCUT2D eigenvalue weighted by atomic mass is 10.2. The highest BCUT2D eigenvalue weighted by Gasteiger charge is 2.23. The number of nitrogens with zero attached hydrogens (tertiary/aromatic N) is 3. The molecule has 0 unspecified atom stereocenters. The summed E-state index contributed by atoms with van der Waals surface area (Å²) in [6.07, 6.45) is 0.250. The zero-order chi connectivity index (χ0) is 18.0. The standard InChI is InChI=1S/C15H13BrFN3O3S2/c1-20(25(21,22)14-7-6-12(16)24-14)9-8-13-18-15(23-19-13)10-4-2-3-5-11(10)17/h2-7H,8-9H2,1H3. The Morgan fingerprint density at radius 3 is 2.72 bits per heavy atom. The highest BCUT2D eigenvalue weighted by Crippen LogP contribution is 2.28. The highest BCUT2D eigenvalue weighted by atomic mass is 79.9. The fourth-order valence-electron chi connectivity index (χ4n) is 2.07. The number of halogens is 2. The summed E-state index contributed by atoms with van der Waals surface area (Å²) in [5.41, 5.74) is 0.214. The summed E-state index contributed by atoms with van der Waals surface area (Å²) < 4.78 is 45.9. The minimum absolute atomic E-state index is 0.0702. The van der Waals surface area contributed by atoms with Gasteiger partial charge in [-0.15, -0.1) is 11.3 Å². The summed E-state index contributed by atoms with van der Waals surface area (Å²) in [7, 11) is -2.08. The molecule has 0 amide bonds. The van der Waals surface area contributed by atoms with Gasteiger partial charge in [0.1, 0.15) is 10.0 Å². The van der Waals surface area contributed by atoms with E-state index < -0.39 is 15.8 Å². The van der Waals surface area contributed by atoms with E-state index in [0.29, 0.717) is 5.82 Å². The minimum atomic E-state index is -3.56. The van der Waals surface area contributed by atoms with E-state index in [-0.39, 0.29) is 28.6 Å². The van der Waals surface area contributed by atoms with Crippen molar-refractivity contribution in [2.24, 2.45) is 0 Å². The normalized spacial score (nSPS) is 12.0. The van der Waals surface area contributed by atoms with Crippen LogP contribution >= 0.6 is 27.3 Å². The van der Waals surface area contributed by atoms with E-state index in [2.05, 4.69) is 26.1 Å². The van der Waals surface area contributed by atoms with Crippen molar-refractivity contribution in [2.75, 3.05) is 13.6 Å². The number of thiophene rings is 1. The van der Waals surface area contributed by atoms with Crippen molar-refractivity contribution >= 4 is 37.3 Å². The van der Waals surface area contributed by atoms with E-state index in [1.807, 2.05) is 0 Å². The first-order valence-electron chi connectivity index (χ1n) is 7.17. The first kappa shape index (κ1) is 18.2. The molecule has 0 bridgehead atoms. The van der Waals surface area contributed by atoms with Gasteiger partial charge in [0, 0.05) is 20.0 Å². The van der Waals surface area contributed by atoms with Crippen molar-refractivity contribution in [3.63, 3.8) is 0 Å². The summed E-state index contributed by atoms with van der Waals surface area (Å²) in [6.45, 7) is 0.175. The predicted molar refractivity (Wildman–Crippen MR) is 95.2 cm³/mol. The van der Waals surface area contributed by atoms with E-state index in [1.165, 1.54) is 23.5 Å². The molecule has 132 valence electrons. The molecule has 0 atom stereocenters. The van der Waals surface area contributed by atoms with E-state index in [1.54, 1.807) is 24.3 Å². The van der Waals surface area contributed by atoms with Crippen molar-refractivity contribution in [2.45, 2.75) is 10.6 Å². The van der Waals surface area contributed by atoms with Crippen molar-refractivity contribution in [3.8, 4) is 11.5 Å². The van der Waals surface area contributed by atoms with Gasteiger partial charge < -0.3 is 4.52 Å². The number of benzene rings is 1. The van der Waals surface area contributed by atoms with E-state index in [0.717, 1.165) is 15.1 Å². The molecule has 3 aromatic rings. The van der Waals surface area contributed by atoms with Crippen LogP contribution in [0.4, 0.5) is 4.39 Å². The molecule has 3 rings (SSSR count). The monoisotopic (exact) mass is 445 g/mol. The average molecular weight is 446 g/mol. The smallest absolute Gasteiger partial charge is 0.260 e. The number of hydrogen-bond donors (Lipinski definition) is 0. The maximum atomic E-state index is 13.7. The van der Waals surface area contributed by atoms with Crippen LogP contribution in [0.15, 0.2) is 48.9 Å². The number of likely N-dealkylation sites (N-methyl/N-ethyl adjacent to an activating group) is 1. The largest absolute Gasteiger partial charge is 0.334 e. The maximum Gasteiger partial charge on any atom is 0.260 e. The summed E-state index contributed by atoms with van der Waals surface area (Å²) in [4.78, 5) is 4.13.